The van der Waals surface area contributed by atoms with Gasteiger partial charge in [0.2, 0.25) is 0 Å². The van der Waals surface area contributed by atoms with E-state index < -0.39 is 0 Å². The van der Waals surface area contributed by atoms with E-state index >= 15 is 0 Å². The van der Waals surface area contributed by atoms with Crippen molar-refractivity contribution in [3.63, 3.8) is 0 Å². The number of rotatable bonds is 3. The molecule has 2 atom stereocenters. The van der Waals surface area contributed by atoms with Gasteiger partial charge in [0.15, 0.2) is 5.13 Å². The molecule has 6 rings (SSSR count). The van der Waals surface area contributed by atoms with Gasteiger partial charge in [0.25, 0.3) is 0 Å². The Morgan fingerprint density at radius 3 is 2.74 bits per heavy atom. The third-order valence-electron chi connectivity index (χ3n) is 6.67. The van der Waals surface area contributed by atoms with Crippen molar-refractivity contribution in [3.8, 4) is 11.3 Å². The van der Waals surface area contributed by atoms with Gasteiger partial charge in [0.1, 0.15) is 11.2 Å². The summed E-state index contributed by atoms with van der Waals surface area (Å²) in [7, 11) is 2.22. The summed E-state index contributed by atoms with van der Waals surface area (Å²) in [5.74, 6) is 0. The van der Waals surface area contributed by atoms with Gasteiger partial charge in [0.05, 0.1) is 22.3 Å². The third kappa shape index (κ3) is 3.79. The lowest BCUT2D eigenvalue weighted by Crippen LogP contribution is -2.54. The molecule has 0 radical (unpaired) electrons. The number of pyridine rings is 2. The maximum atomic E-state index is 4.92. The summed E-state index contributed by atoms with van der Waals surface area (Å²) < 4.78 is 3.26. The predicted octanol–water partition coefficient (Wildman–Crippen LogP) is 4.85. The van der Waals surface area contributed by atoms with Gasteiger partial charge in [-0.2, -0.15) is 0 Å². The van der Waals surface area contributed by atoms with Gasteiger partial charge < -0.3 is 14.6 Å². The Balaban J connectivity index is 0.00000204. The minimum atomic E-state index is 0. The molecule has 2 unspecified atom stereocenters. The molecular formula is C23H27ClN6S. The number of nitrogens with one attached hydrogen (secondary N) is 1. The Labute approximate surface area is 192 Å². The van der Waals surface area contributed by atoms with Crippen molar-refractivity contribution in [2.24, 2.45) is 0 Å². The van der Waals surface area contributed by atoms with E-state index in [-0.39, 0.29) is 12.4 Å². The smallest absolute Gasteiger partial charge is 0.186 e. The zero-order chi connectivity index (χ0) is 20.2. The van der Waals surface area contributed by atoms with Crippen LogP contribution in [0.15, 0.2) is 36.8 Å². The van der Waals surface area contributed by atoms with Crippen molar-refractivity contribution in [2.75, 3.05) is 11.9 Å². The van der Waals surface area contributed by atoms with Crippen molar-refractivity contribution in [1.82, 2.24) is 24.7 Å². The predicted molar refractivity (Wildman–Crippen MR) is 130 cm³/mol. The minimum Gasteiger partial charge on any atom is -0.348 e. The maximum Gasteiger partial charge on any atom is 0.186 e. The van der Waals surface area contributed by atoms with Crippen molar-refractivity contribution < 1.29 is 0 Å². The summed E-state index contributed by atoms with van der Waals surface area (Å²) >= 11 is 1.78. The van der Waals surface area contributed by atoms with Crippen molar-refractivity contribution in [2.45, 2.75) is 57.2 Å². The molecule has 4 aromatic rings. The summed E-state index contributed by atoms with van der Waals surface area (Å²) in [5.41, 5.74) is 5.04. The van der Waals surface area contributed by atoms with Gasteiger partial charge in [0, 0.05) is 43.1 Å². The second-order valence-electron chi connectivity index (χ2n) is 8.83. The van der Waals surface area contributed by atoms with Crippen LogP contribution in [-0.4, -0.2) is 44.5 Å². The Morgan fingerprint density at radius 2 is 1.94 bits per heavy atom. The Kier molecular flexibility index (Phi) is 5.36. The Hall–Kier alpha value is -2.22. The molecule has 1 N–H and O–H groups in total. The monoisotopic (exact) mass is 454 g/mol. The molecule has 4 aromatic heterocycles. The van der Waals surface area contributed by atoms with E-state index in [0.717, 1.165) is 33.2 Å². The molecular weight excluding hydrogens is 428 g/mol. The first-order valence-corrected chi connectivity index (χ1v) is 11.7. The molecule has 0 aromatic carbocycles. The summed E-state index contributed by atoms with van der Waals surface area (Å²) in [4.78, 5) is 16.5. The first kappa shape index (κ1) is 20.7. The van der Waals surface area contributed by atoms with Crippen LogP contribution in [0.5, 0.6) is 0 Å². The second-order valence-corrected chi connectivity index (χ2v) is 9.84. The van der Waals surface area contributed by atoms with E-state index in [0.29, 0.717) is 18.1 Å². The molecule has 0 spiro atoms. The normalized spacial score (nSPS) is 23.1. The zero-order valence-electron chi connectivity index (χ0n) is 17.8. The molecule has 31 heavy (non-hydrogen) atoms. The molecule has 2 aliphatic heterocycles. The van der Waals surface area contributed by atoms with Crippen LogP contribution < -0.4 is 10.2 Å². The molecule has 2 bridgehead atoms. The number of aromatic nitrogens is 4. The topological polar surface area (TPSA) is 58.4 Å². The standard InChI is InChI=1S/C23H26N6S.ClH/c1-14-12-29-13-15(6-7-22(29)25-14)19-10-21-20(11-24-19)27-23(30-21)28(2)18-8-16-4-3-5-17(9-18)26-16;/h6-7,10-13,16-18,26H,3-5,8-9H2,1-2H3;1H. The number of aryl methyl sites for hydroxylation is 1. The van der Waals surface area contributed by atoms with E-state index in [1.165, 1.54) is 36.8 Å². The van der Waals surface area contributed by atoms with Gasteiger partial charge >= 0.3 is 0 Å². The van der Waals surface area contributed by atoms with Crippen LogP contribution in [0.4, 0.5) is 5.13 Å². The second kappa shape index (κ2) is 8.04. The lowest BCUT2D eigenvalue weighted by molar-refractivity contribution is 0.219. The number of thiazole rings is 1. The number of imidazole rings is 1. The van der Waals surface area contributed by atoms with Gasteiger partial charge in [-0.3, -0.25) is 4.98 Å². The quantitative estimate of drug-likeness (QED) is 0.479. The third-order valence-corrected chi connectivity index (χ3v) is 7.78. The van der Waals surface area contributed by atoms with Crippen LogP contribution in [0.3, 0.4) is 0 Å². The number of hydrogen-bond donors (Lipinski definition) is 1. The average Bonchev–Trinajstić information content (AvgIpc) is 3.34. The van der Waals surface area contributed by atoms with Crippen molar-refractivity contribution in [3.05, 3.63) is 42.5 Å². The maximum absolute atomic E-state index is 4.92. The first-order valence-electron chi connectivity index (χ1n) is 10.8. The lowest BCUT2D eigenvalue weighted by atomic mass is 9.83. The highest BCUT2D eigenvalue weighted by atomic mass is 35.5. The lowest BCUT2D eigenvalue weighted by Gasteiger charge is -2.43. The van der Waals surface area contributed by atoms with Crippen LogP contribution in [-0.2, 0) is 0 Å². The van der Waals surface area contributed by atoms with E-state index in [1.54, 1.807) is 11.3 Å². The van der Waals surface area contributed by atoms with Crippen molar-refractivity contribution in [1.29, 1.82) is 0 Å². The summed E-state index contributed by atoms with van der Waals surface area (Å²) in [6.45, 7) is 2.02. The fourth-order valence-corrected chi connectivity index (χ4v) is 6.11. The van der Waals surface area contributed by atoms with Crippen LogP contribution in [0.2, 0.25) is 0 Å². The number of halogens is 1. The molecule has 0 saturated carbocycles. The molecule has 2 fully saturated rings. The van der Waals surface area contributed by atoms with Gasteiger partial charge in [-0.25, -0.2) is 9.97 Å². The molecule has 6 heterocycles. The van der Waals surface area contributed by atoms with Crippen molar-refractivity contribution >= 4 is 44.7 Å². The minimum absolute atomic E-state index is 0. The van der Waals surface area contributed by atoms with E-state index in [9.17, 15) is 0 Å². The summed E-state index contributed by atoms with van der Waals surface area (Å²) in [6, 6.07) is 8.24. The highest BCUT2D eigenvalue weighted by molar-refractivity contribution is 7.22. The summed E-state index contributed by atoms with van der Waals surface area (Å²) in [6.07, 6.45) is 12.5. The number of piperidine rings is 2. The molecule has 0 amide bonds. The number of nitrogens with zero attached hydrogens (tertiary/aromatic N) is 5. The average molecular weight is 455 g/mol. The van der Waals surface area contributed by atoms with E-state index in [4.69, 9.17) is 9.97 Å². The largest absolute Gasteiger partial charge is 0.348 e. The fourth-order valence-electron chi connectivity index (χ4n) is 5.11. The van der Waals surface area contributed by atoms with E-state index in [1.807, 2.05) is 25.4 Å². The number of fused-ring (bicyclic) bond motifs is 4. The molecule has 2 aliphatic rings. The van der Waals surface area contributed by atoms with Crippen LogP contribution in [0.25, 0.3) is 27.1 Å². The SMILES string of the molecule is Cc1cn2cc(-c3cc4sc(N(C)C5CC6CCCC(C5)N6)nc4cn3)ccc2n1.Cl. The molecule has 6 nitrogen and oxygen atoms in total. The van der Waals surface area contributed by atoms with Gasteiger partial charge in [-0.15, -0.1) is 12.4 Å². The van der Waals surface area contributed by atoms with Crippen LogP contribution in [0, 0.1) is 6.92 Å². The number of anilines is 1. The van der Waals surface area contributed by atoms with Gasteiger partial charge in [-0.1, -0.05) is 17.8 Å². The van der Waals surface area contributed by atoms with Crippen LogP contribution in [0.1, 0.15) is 37.8 Å². The molecule has 2 saturated heterocycles. The first-order chi connectivity index (χ1) is 14.6. The van der Waals surface area contributed by atoms with Gasteiger partial charge in [-0.05, 0) is 50.8 Å². The number of hydrogen-bond acceptors (Lipinski definition) is 6. The van der Waals surface area contributed by atoms with Crippen LogP contribution >= 0.6 is 23.7 Å². The molecule has 162 valence electrons. The highest BCUT2D eigenvalue weighted by Crippen LogP contribution is 2.35. The molecule has 8 heteroatoms. The highest BCUT2D eigenvalue weighted by Gasteiger charge is 2.33. The Bertz CT molecular complexity index is 1220. The molecule has 0 aliphatic carbocycles. The Morgan fingerprint density at radius 1 is 1.13 bits per heavy atom. The van der Waals surface area contributed by atoms with E-state index in [2.05, 4.69) is 45.0 Å². The zero-order valence-corrected chi connectivity index (χ0v) is 19.4. The summed E-state index contributed by atoms with van der Waals surface area (Å²) in [5, 5.41) is 4.90. The fraction of sp³-hybridized carbons (Fsp3) is 0.435.